The van der Waals surface area contributed by atoms with Crippen LogP contribution in [-0.4, -0.2) is 18.0 Å². The Morgan fingerprint density at radius 2 is 1.71 bits per heavy atom. The minimum Gasteiger partial charge on any atom is -0.497 e. The quantitative estimate of drug-likeness (QED) is 0.373. The monoisotopic (exact) mass is 287 g/mol. The number of hydrogen-bond acceptors (Lipinski definition) is 5. The number of rotatable bonds is 4. The molecule has 0 aliphatic heterocycles. The molecule has 0 amide bonds. The van der Waals surface area contributed by atoms with Gasteiger partial charge in [-0.25, -0.2) is 4.79 Å². The van der Waals surface area contributed by atoms with E-state index in [2.05, 4.69) is 0 Å². The molecule has 0 unspecified atom stereocenters. The van der Waals surface area contributed by atoms with E-state index in [1.54, 1.807) is 43.3 Å². The molecular formula is C15H13NO5. The summed E-state index contributed by atoms with van der Waals surface area (Å²) in [5, 5.41) is 11.1. The van der Waals surface area contributed by atoms with Crippen LogP contribution in [0, 0.1) is 17.0 Å². The molecule has 0 fully saturated rings. The summed E-state index contributed by atoms with van der Waals surface area (Å²) in [5.41, 5.74) is 0.0935. The second kappa shape index (κ2) is 6.04. The van der Waals surface area contributed by atoms with Crippen molar-refractivity contribution < 1.29 is 19.2 Å². The van der Waals surface area contributed by atoms with E-state index in [0.717, 1.165) is 0 Å². The number of benzene rings is 2. The molecule has 0 radical (unpaired) electrons. The molecule has 2 aromatic carbocycles. The molecule has 0 aliphatic carbocycles. The van der Waals surface area contributed by atoms with E-state index in [1.807, 2.05) is 0 Å². The number of carbonyl (C=O) groups excluding carboxylic acids is 1. The van der Waals surface area contributed by atoms with E-state index in [9.17, 15) is 14.9 Å². The molecule has 0 saturated heterocycles. The van der Waals surface area contributed by atoms with Crippen molar-refractivity contribution in [3.63, 3.8) is 0 Å². The minimum atomic E-state index is -0.768. The maximum atomic E-state index is 12.1. The van der Waals surface area contributed by atoms with Gasteiger partial charge in [0.15, 0.2) is 0 Å². The lowest BCUT2D eigenvalue weighted by Crippen LogP contribution is -2.11. The molecule has 6 heteroatoms. The first-order valence-corrected chi connectivity index (χ1v) is 6.13. The molecule has 0 aliphatic rings. The summed E-state index contributed by atoms with van der Waals surface area (Å²) in [7, 11) is 1.52. The van der Waals surface area contributed by atoms with Crippen LogP contribution < -0.4 is 9.47 Å². The summed E-state index contributed by atoms with van der Waals surface area (Å²) >= 11 is 0. The number of carbonyl (C=O) groups is 1. The second-order valence-electron chi connectivity index (χ2n) is 4.29. The highest BCUT2D eigenvalue weighted by molar-refractivity contribution is 5.95. The average Bonchev–Trinajstić information content (AvgIpc) is 2.47. The van der Waals surface area contributed by atoms with Gasteiger partial charge >= 0.3 is 5.97 Å². The molecule has 0 bridgehead atoms. The Morgan fingerprint density at radius 3 is 2.29 bits per heavy atom. The van der Waals surface area contributed by atoms with Gasteiger partial charge in [-0.05, 0) is 37.3 Å². The van der Waals surface area contributed by atoms with Crippen molar-refractivity contribution in [3.05, 3.63) is 63.7 Å². The van der Waals surface area contributed by atoms with Crippen molar-refractivity contribution in [2.75, 3.05) is 7.11 Å². The van der Waals surface area contributed by atoms with Gasteiger partial charge in [-0.15, -0.1) is 0 Å². The van der Waals surface area contributed by atoms with Gasteiger partial charge < -0.3 is 9.47 Å². The number of hydrogen-bond donors (Lipinski definition) is 0. The molecule has 2 aromatic rings. The highest BCUT2D eigenvalue weighted by Gasteiger charge is 2.23. The van der Waals surface area contributed by atoms with Crippen LogP contribution in [0.15, 0.2) is 42.5 Å². The third-order valence-corrected chi connectivity index (χ3v) is 2.91. The molecule has 0 spiro atoms. The number of esters is 1. The molecule has 0 N–H and O–H groups in total. The highest BCUT2D eigenvalue weighted by Crippen LogP contribution is 2.25. The fourth-order valence-corrected chi connectivity index (χ4v) is 1.87. The van der Waals surface area contributed by atoms with E-state index < -0.39 is 10.9 Å². The van der Waals surface area contributed by atoms with E-state index in [-0.39, 0.29) is 17.0 Å². The molecule has 6 nitrogen and oxygen atoms in total. The standard InChI is InChI=1S/C15H13NO5/c1-10-4-3-5-13(14(10)16(18)19)15(17)21-12-8-6-11(20-2)7-9-12/h3-9H,1-2H3. The Hall–Kier alpha value is -2.89. The smallest absolute Gasteiger partial charge is 0.350 e. The Kier molecular flexibility index (Phi) is 4.18. The predicted octanol–water partition coefficient (Wildman–Crippen LogP) is 3.13. The Balaban J connectivity index is 2.28. The van der Waals surface area contributed by atoms with Crippen LogP contribution in [0.5, 0.6) is 11.5 Å². The van der Waals surface area contributed by atoms with Gasteiger partial charge in [0.1, 0.15) is 17.1 Å². The number of para-hydroxylation sites is 1. The lowest BCUT2D eigenvalue weighted by Gasteiger charge is -2.07. The maximum Gasteiger partial charge on any atom is 0.350 e. The largest absolute Gasteiger partial charge is 0.497 e. The van der Waals surface area contributed by atoms with Crippen LogP contribution in [0.25, 0.3) is 0 Å². The Bertz CT molecular complexity index is 679. The van der Waals surface area contributed by atoms with Crippen LogP contribution in [0.1, 0.15) is 15.9 Å². The Labute approximate surface area is 121 Å². The van der Waals surface area contributed by atoms with Gasteiger partial charge in [0.05, 0.1) is 12.0 Å². The third-order valence-electron chi connectivity index (χ3n) is 2.91. The van der Waals surface area contributed by atoms with Crippen molar-refractivity contribution in [3.8, 4) is 11.5 Å². The lowest BCUT2D eigenvalue weighted by atomic mass is 10.1. The van der Waals surface area contributed by atoms with Crippen molar-refractivity contribution in [2.45, 2.75) is 6.92 Å². The van der Waals surface area contributed by atoms with Crippen LogP contribution >= 0.6 is 0 Å². The Morgan fingerprint density at radius 1 is 1.10 bits per heavy atom. The first kappa shape index (κ1) is 14.5. The number of aryl methyl sites for hydroxylation is 1. The summed E-state index contributed by atoms with van der Waals surface area (Å²) < 4.78 is 10.1. The van der Waals surface area contributed by atoms with E-state index >= 15 is 0 Å². The molecule has 0 atom stereocenters. The van der Waals surface area contributed by atoms with Crippen LogP contribution in [0.2, 0.25) is 0 Å². The zero-order valence-corrected chi connectivity index (χ0v) is 11.5. The van der Waals surface area contributed by atoms with E-state index in [1.165, 1.54) is 13.2 Å². The molecule has 0 saturated carbocycles. The number of methoxy groups -OCH3 is 1. The zero-order chi connectivity index (χ0) is 15.4. The topological polar surface area (TPSA) is 78.7 Å². The average molecular weight is 287 g/mol. The molecule has 0 heterocycles. The SMILES string of the molecule is COc1ccc(OC(=O)c2cccc(C)c2[N+](=O)[O-])cc1. The number of nitro benzene ring substituents is 1. The van der Waals surface area contributed by atoms with Gasteiger partial charge in [-0.2, -0.15) is 0 Å². The van der Waals surface area contributed by atoms with Gasteiger partial charge in [0.2, 0.25) is 0 Å². The molecule has 108 valence electrons. The molecule has 2 rings (SSSR count). The van der Waals surface area contributed by atoms with Crippen LogP contribution in [0.4, 0.5) is 5.69 Å². The summed E-state index contributed by atoms with van der Waals surface area (Å²) in [6.07, 6.45) is 0. The van der Waals surface area contributed by atoms with Crippen LogP contribution in [0.3, 0.4) is 0 Å². The number of nitro groups is 1. The zero-order valence-electron chi connectivity index (χ0n) is 11.5. The fraction of sp³-hybridized carbons (Fsp3) is 0.133. The predicted molar refractivity (Wildman–Crippen MR) is 75.8 cm³/mol. The van der Waals surface area contributed by atoms with Crippen molar-refractivity contribution >= 4 is 11.7 Å². The van der Waals surface area contributed by atoms with Crippen LogP contribution in [-0.2, 0) is 0 Å². The lowest BCUT2D eigenvalue weighted by molar-refractivity contribution is -0.385. The highest BCUT2D eigenvalue weighted by atomic mass is 16.6. The number of ether oxygens (including phenoxy) is 2. The molecule has 21 heavy (non-hydrogen) atoms. The minimum absolute atomic E-state index is 0.0733. The van der Waals surface area contributed by atoms with Gasteiger partial charge in [0.25, 0.3) is 5.69 Å². The summed E-state index contributed by atoms with van der Waals surface area (Å²) in [6.45, 7) is 1.57. The van der Waals surface area contributed by atoms with Gasteiger partial charge in [-0.3, -0.25) is 10.1 Å². The first-order valence-electron chi connectivity index (χ1n) is 6.13. The fourth-order valence-electron chi connectivity index (χ4n) is 1.87. The summed E-state index contributed by atoms with van der Waals surface area (Å²) in [5.74, 6) is 0.142. The second-order valence-corrected chi connectivity index (χ2v) is 4.29. The van der Waals surface area contributed by atoms with Gasteiger partial charge in [-0.1, -0.05) is 12.1 Å². The number of nitrogens with zero attached hydrogens (tertiary/aromatic N) is 1. The molecule has 0 aromatic heterocycles. The normalized spacial score (nSPS) is 10.0. The first-order chi connectivity index (χ1) is 10.0. The van der Waals surface area contributed by atoms with Crippen molar-refractivity contribution in [1.82, 2.24) is 0 Å². The summed E-state index contributed by atoms with van der Waals surface area (Å²) in [4.78, 5) is 22.6. The molecular weight excluding hydrogens is 274 g/mol. The van der Waals surface area contributed by atoms with E-state index in [0.29, 0.717) is 11.3 Å². The van der Waals surface area contributed by atoms with E-state index in [4.69, 9.17) is 9.47 Å². The van der Waals surface area contributed by atoms with Crippen molar-refractivity contribution in [1.29, 1.82) is 0 Å². The summed E-state index contributed by atoms with van der Waals surface area (Å²) in [6, 6.07) is 10.9. The van der Waals surface area contributed by atoms with Crippen molar-refractivity contribution in [2.24, 2.45) is 0 Å². The maximum absolute atomic E-state index is 12.1. The third kappa shape index (κ3) is 3.17. The van der Waals surface area contributed by atoms with Gasteiger partial charge in [0, 0.05) is 5.56 Å².